The second-order valence-corrected chi connectivity index (χ2v) is 5.89. The largest absolute Gasteiger partial charge is 0.476 e. The summed E-state index contributed by atoms with van der Waals surface area (Å²) in [6.07, 6.45) is 2.50. The van der Waals surface area contributed by atoms with Crippen molar-refractivity contribution in [3.8, 4) is 5.88 Å². The maximum Gasteiger partial charge on any atom is 0.239 e. The fourth-order valence-electron chi connectivity index (χ4n) is 1.89. The van der Waals surface area contributed by atoms with Crippen molar-refractivity contribution in [3.63, 3.8) is 0 Å². The molecule has 1 aliphatic carbocycles. The van der Waals surface area contributed by atoms with E-state index in [1.54, 1.807) is 0 Å². The molecule has 0 atom stereocenters. The molecule has 5 heteroatoms. The van der Waals surface area contributed by atoms with Gasteiger partial charge in [-0.05, 0) is 51.7 Å². The van der Waals surface area contributed by atoms with Crippen LogP contribution in [0.3, 0.4) is 0 Å². The molecular formula is C15H25N3O2. The summed E-state index contributed by atoms with van der Waals surface area (Å²) in [6.45, 7) is 8.17. The lowest BCUT2D eigenvalue weighted by molar-refractivity contribution is 0.000634. The van der Waals surface area contributed by atoms with Gasteiger partial charge in [-0.1, -0.05) is 0 Å². The van der Waals surface area contributed by atoms with Crippen LogP contribution >= 0.6 is 0 Å². The Hall–Kier alpha value is -1.49. The molecule has 0 radical (unpaired) electrons. The maximum absolute atomic E-state index is 5.89. The van der Waals surface area contributed by atoms with Crippen LogP contribution in [0.1, 0.15) is 33.6 Å². The Morgan fingerprint density at radius 1 is 1.40 bits per heavy atom. The first-order chi connectivity index (χ1) is 9.50. The fraction of sp³-hybridized carbons (Fsp3) is 0.667. The molecule has 0 amide bonds. The highest BCUT2D eigenvalue weighted by molar-refractivity contribution is 5.53. The molecule has 0 aliphatic heterocycles. The molecule has 0 aromatic carbocycles. The Balaban J connectivity index is 1.92. The minimum Gasteiger partial charge on any atom is -0.476 e. The third kappa shape index (κ3) is 4.56. The molecule has 0 saturated heterocycles. The van der Waals surface area contributed by atoms with Gasteiger partial charge in [0.05, 0.1) is 17.9 Å². The van der Waals surface area contributed by atoms with Crippen molar-refractivity contribution in [1.29, 1.82) is 0 Å². The second kappa shape index (κ2) is 6.31. The molecule has 2 rings (SSSR count). The molecule has 1 aromatic heterocycles. The van der Waals surface area contributed by atoms with Gasteiger partial charge in [-0.3, -0.25) is 0 Å². The van der Waals surface area contributed by atoms with E-state index in [0.29, 0.717) is 37.2 Å². The molecule has 0 spiro atoms. The van der Waals surface area contributed by atoms with E-state index >= 15 is 0 Å². The number of nitrogens with one attached hydrogen (secondary N) is 1. The van der Waals surface area contributed by atoms with E-state index in [0.717, 1.165) is 5.82 Å². The highest BCUT2D eigenvalue weighted by Crippen LogP contribution is 2.30. The van der Waals surface area contributed by atoms with E-state index in [1.807, 2.05) is 32.9 Å². The van der Waals surface area contributed by atoms with Crippen LogP contribution in [-0.4, -0.2) is 30.3 Å². The van der Waals surface area contributed by atoms with Gasteiger partial charge in [-0.25, -0.2) is 0 Å². The number of nitrogens with two attached hydrogens (primary N) is 1. The number of anilines is 2. The molecule has 1 fully saturated rings. The standard InChI is InChI=1S/C15H25N3O2/c1-4-20-15(2,3)10-17-13-8-7-12(16)14(18-13)19-9-11-5-6-11/h7-8,11H,4-6,9-10,16H2,1-3H3,(H,17,18). The minimum atomic E-state index is -0.229. The van der Waals surface area contributed by atoms with Gasteiger partial charge in [-0.15, -0.1) is 0 Å². The first-order valence-corrected chi connectivity index (χ1v) is 7.27. The number of pyridine rings is 1. The van der Waals surface area contributed by atoms with E-state index in [9.17, 15) is 0 Å². The van der Waals surface area contributed by atoms with Crippen molar-refractivity contribution in [3.05, 3.63) is 12.1 Å². The van der Waals surface area contributed by atoms with Crippen LogP contribution in [-0.2, 0) is 4.74 Å². The fourth-order valence-corrected chi connectivity index (χ4v) is 1.89. The van der Waals surface area contributed by atoms with Gasteiger partial charge >= 0.3 is 0 Å². The first-order valence-electron chi connectivity index (χ1n) is 7.27. The Morgan fingerprint density at radius 3 is 2.80 bits per heavy atom. The second-order valence-electron chi connectivity index (χ2n) is 5.89. The summed E-state index contributed by atoms with van der Waals surface area (Å²) >= 11 is 0. The number of hydrogen-bond donors (Lipinski definition) is 2. The van der Waals surface area contributed by atoms with Gasteiger partial charge < -0.3 is 20.5 Å². The lowest BCUT2D eigenvalue weighted by atomic mass is 10.1. The highest BCUT2D eigenvalue weighted by atomic mass is 16.5. The lowest BCUT2D eigenvalue weighted by Gasteiger charge is -2.25. The van der Waals surface area contributed by atoms with E-state index in [-0.39, 0.29) is 5.60 Å². The predicted octanol–water partition coefficient (Wildman–Crippen LogP) is 2.68. The number of ether oxygens (including phenoxy) is 2. The third-order valence-electron chi connectivity index (χ3n) is 3.27. The Kier molecular flexibility index (Phi) is 4.70. The van der Waals surface area contributed by atoms with Gasteiger partial charge in [0.2, 0.25) is 5.88 Å². The molecule has 1 aromatic rings. The zero-order chi connectivity index (χ0) is 14.6. The molecular weight excluding hydrogens is 254 g/mol. The molecule has 20 heavy (non-hydrogen) atoms. The normalized spacial score (nSPS) is 15.2. The molecule has 0 bridgehead atoms. The Bertz CT molecular complexity index is 445. The average Bonchev–Trinajstić information content (AvgIpc) is 3.20. The first kappa shape index (κ1) is 14.9. The monoisotopic (exact) mass is 279 g/mol. The SMILES string of the molecule is CCOC(C)(C)CNc1ccc(N)c(OCC2CC2)n1. The van der Waals surface area contributed by atoms with Gasteiger partial charge in [-0.2, -0.15) is 4.98 Å². The summed E-state index contributed by atoms with van der Waals surface area (Å²) < 4.78 is 11.3. The van der Waals surface area contributed by atoms with Crippen LogP contribution in [0.4, 0.5) is 11.5 Å². The van der Waals surface area contributed by atoms with Crippen LogP contribution in [0.25, 0.3) is 0 Å². The van der Waals surface area contributed by atoms with Crippen molar-refractivity contribution in [2.45, 2.75) is 39.2 Å². The van der Waals surface area contributed by atoms with Crippen molar-refractivity contribution in [1.82, 2.24) is 4.98 Å². The highest BCUT2D eigenvalue weighted by Gasteiger charge is 2.23. The minimum absolute atomic E-state index is 0.229. The van der Waals surface area contributed by atoms with Crippen molar-refractivity contribution in [2.24, 2.45) is 5.92 Å². The summed E-state index contributed by atoms with van der Waals surface area (Å²) in [5, 5.41) is 3.27. The van der Waals surface area contributed by atoms with Crippen molar-refractivity contribution >= 4 is 11.5 Å². The number of rotatable bonds is 8. The van der Waals surface area contributed by atoms with Crippen molar-refractivity contribution in [2.75, 3.05) is 30.8 Å². The Morgan fingerprint density at radius 2 is 2.15 bits per heavy atom. The van der Waals surface area contributed by atoms with E-state index in [2.05, 4.69) is 10.3 Å². The number of nitrogen functional groups attached to an aromatic ring is 1. The van der Waals surface area contributed by atoms with Gasteiger partial charge in [0.1, 0.15) is 5.82 Å². The topological polar surface area (TPSA) is 69.4 Å². The number of hydrogen-bond acceptors (Lipinski definition) is 5. The molecule has 5 nitrogen and oxygen atoms in total. The lowest BCUT2D eigenvalue weighted by Crippen LogP contribution is -2.33. The smallest absolute Gasteiger partial charge is 0.239 e. The summed E-state index contributed by atoms with van der Waals surface area (Å²) in [5.41, 5.74) is 6.24. The van der Waals surface area contributed by atoms with Crippen LogP contribution in [0.5, 0.6) is 5.88 Å². The van der Waals surface area contributed by atoms with Crippen molar-refractivity contribution < 1.29 is 9.47 Å². The summed E-state index contributed by atoms with van der Waals surface area (Å²) in [4.78, 5) is 4.42. The zero-order valence-corrected chi connectivity index (χ0v) is 12.6. The number of aromatic nitrogens is 1. The van der Waals surface area contributed by atoms with E-state index in [1.165, 1.54) is 12.8 Å². The van der Waals surface area contributed by atoms with Crippen LogP contribution in [0, 0.1) is 5.92 Å². The molecule has 112 valence electrons. The quantitative estimate of drug-likeness (QED) is 0.765. The van der Waals surface area contributed by atoms with Crippen LogP contribution in [0.2, 0.25) is 0 Å². The molecule has 1 saturated carbocycles. The number of nitrogens with zero attached hydrogens (tertiary/aromatic N) is 1. The summed E-state index contributed by atoms with van der Waals surface area (Å²) in [6, 6.07) is 3.69. The van der Waals surface area contributed by atoms with Gasteiger partial charge in [0, 0.05) is 13.2 Å². The predicted molar refractivity (Wildman–Crippen MR) is 81.1 cm³/mol. The molecule has 3 N–H and O–H groups in total. The summed E-state index contributed by atoms with van der Waals surface area (Å²) in [7, 11) is 0. The molecule has 1 aliphatic rings. The molecule has 1 heterocycles. The van der Waals surface area contributed by atoms with Gasteiger partial charge in [0.25, 0.3) is 0 Å². The zero-order valence-electron chi connectivity index (χ0n) is 12.6. The van der Waals surface area contributed by atoms with E-state index in [4.69, 9.17) is 15.2 Å². The van der Waals surface area contributed by atoms with Crippen LogP contribution < -0.4 is 15.8 Å². The maximum atomic E-state index is 5.89. The third-order valence-corrected chi connectivity index (χ3v) is 3.27. The Labute approximate surface area is 120 Å². The molecule has 0 unspecified atom stereocenters. The summed E-state index contributed by atoms with van der Waals surface area (Å²) in [5.74, 6) is 1.97. The average molecular weight is 279 g/mol. The van der Waals surface area contributed by atoms with Gasteiger partial charge in [0.15, 0.2) is 0 Å². The van der Waals surface area contributed by atoms with E-state index < -0.39 is 0 Å². The van der Waals surface area contributed by atoms with Crippen LogP contribution in [0.15, 0.2) is 12.1 Å².